The molecule has 3 heteroatoms. The second-order valence-electron chi connectivity index (χ2n) is 0.519. The van der Waals surface area contributed by atoms with Gasteiger partial charge in [0.25, 0.3) is 5.97 Å². The Bertz CT molecular complexity index is 30.6. The molecule has 2 nitrogen and oxygen atoms in total. The van der Waals surface area contributed by atoms with E-state index in [-0.39, 0.29) is 19.8 Å². The van der Waals surface area contributed by atoms with E-state index in [9.17, 15) is 0 Å². The van der Waals surface area contributed by atoms with E-state index in [1.54, 1.807) is 0 Å². The number of hydrogen-bond acceptors (Lipinski definition) is 1. The summed E-state index contributed by atoms with van der Waals surface area (Å²) in [7, 11) is 0. The molecule has 0 amide bonds. The van der Waals surface area contributed by atoms with Crippen molar-refractivity contribution in [3.63, 3.8) is 0 Å². The molecule has 0 aromatic heterocycles. The molecule has 0 bridgehead atoms. The van der Waals surface area contributed by atoms with Crippen molar-refractivity contribution in [2.75, 3.05) is 0 Å². The Labute approximate surface area is 43.2 Å². The van der Waals surface area contributed by atoms with Crippen LogP contribution in [0.25, 0.3) is 0 Å². The molecular formula is C2H4GaO2. The van der Waals surface area contributed by atoms with Gasteiger partial charge in [-0.2, -0.15) is 0 Å². The molecule has 0 saturated heterocycles. The molecule has 0 aliphatic carbocycles. The Morgan fingerprint density at radius 2 is 1.80 bits per heavy atom. The van der Waals surface area contributed by atoms with E-state index in [2.05, 4.69) is 0 Å². The minimum atomic E-state index is -0.833. The topological polar surface area (TPSA) is 37.3 Å². The smallest absolute Gasteiger partial charge is 0.300 e. The SMILES string of the molecule is CC(=O)O.[Ga]. The van der Waals surface area contributed by atoms with Gasteiger partial charge in [-0.15, -0.1) is 0 Å². The summed E-state index contributed by atoms with van der Waals surface area (Å²) < 4.78 is 0. The van der Waals surface area contributed by atoms with Crippen molar-refractivity contribution in [2.45, 2.75) is 6.92 Å². The Morgan fingerprint density at radius 3 is 1.80 bits per heavy atom. The van der Waals surface area contributed by atoms with E-state index in [4.69, 9.17) is 9.90 Å². The first-order valence-corrected chi connectivity index (χ1v) is 0.928. The van der Waals surface area contributed by atoms with Gasteiger partial charge < -0.3 is 5.11 Å². The first kappa shape index (κ1) is 8.92. The molecule has 0 aliphatic heterocycles. The molecule has 0 aromatic rings. The molecule has 0 fully saturated rings. The Kier molecular flexibility index (Phi) is 7.33. The molecular weight excluding hydrogens is 126 g/mol. The van der Waals surface area contributed by atoms with Crippen molar-refractivity contribution in [1.29, 1.82) is 0 Å². The number of carboxylic acid groups (broad SMARTS) is 1. The largest absolute Gasteiger partial charge is 0.481 e. The van der Waals surface area contributed by atoms with Gasteiger partial charge in [0.05, 0.1) is 0 Å². The van der Waals surface area contributed by atoms with Gasteiger partial charge in [-0.05, 0) is 0 Å². The van der Waals surface area contributed by atoms with E-state index in [1.807, 2.05) is 0 Å². The van der Waals surface area contributed by atoms with Crippen LogP contribution < -0.4 is 0 Å². The molecule has 0 atom stereocenters. The van der Waals surface area contributed by atoms with Gasteiger partial charge >= 0.3 is 0 Å². The van der Waals surface area contributed by atoms with Crippen molar-refractivity contribution in [2.24, 2.45) is 0 Å². The quantitative estimate of drug-likeness (QED) is 0.457. The molecule has 3 radical (unpaired) electrons. The van der Waals surface area contributed by atoms with Crippen LogP contribution in [0.15, 0.2) is 0 Å². The average Bonchev–Trinajstić information content (AvgIpc) is 0.811. The molecule has 1 N–H and O–H groups in total. The maximum absolute atomic E-state index is 9.00. The Morgan fingerprint density at radius 1 is 1.80 bits per heavy atom. The van der Waals surface area contributed by atoms with Gasteiger partial charge in [-0.1, -0.05) is 0 Å². The summed E-state index contributed by atoms with van der Waals surface area (Å²) in [5.41, 5.74) is 0. The zero-order chi connectivity index (χ0) is 3.58. The average molecular weight is 130 g/mol. The fourth-order valence-electron chi connectivity index (χ4n) is 0. The van der Waals surface area contributed by atoms with Crippen molar-refractivity contribution >= 4 is 25.8 Å². The normalized spacial score (nSPS) is 5.00. The van der Waals surface area contributed by atoms with E-state index in [0.717, 1.165) is 6.92 Å². The van der Waals surface area contributed by atoms with Crippen LogP contribution >= 0.6 is 0 Å². The summed E-state index contributed by atoms with van der Waals surface area (Å²) in [6, 6.07) is 0. The van der Waals surface area contributed by atoms with Crippen LogP contribution in [0.2, 0.25) is 0 Å². The Balaban J connectivity index is 0. The summed E-state index contributed by atoms with van der Waals surface area (Å²) in [5.74, 6) is -0.833. The van der Waals surface area contributed by atoms with Crippen LogP contribution in [0.4, 0.5) is 0 Å². The van der Waals surface area contributed by atoms with Gasteiger partial charge in [0.1, 0.15) is 0 Å². The molecule has 0 rings (SSSR count). The Hall–Kier alpha value is 0.106. The molecule has 0 aromatic carbocycles. The van der Waals surface area contributed by atoms with Crippen LogP contribution in [0.3, 0.4) is 0 Å². The predicted molar refractivity (Wildman–Crippen MR) is 19.1 cm³/mol. The fourth-order valence-corrected chi connectivity index (χ4v) is 0. The third-order valence-corrected chi connectivity index (χ3v) is 0. The zero-order valence-electron chi connectivity index (χ0n) is 2.93. The van der Waals surface area contributed by atoms with Crippen LogP contribution in [0.5, 0.6) is 0 Å². The predicted octanol–water partition coefficient (Wildman–Crippen LogP) is -0.290. The molecule has 0 aliphatic rings. The van der Waals surface area contributed by atoms with Crippen molar-refractivity contribution in [3.8, 4) is 0 Å². The number of rotatable bonds is 0. The second kappa shape index (κ2) is 4.11. The number of hydrogen-bond donors (Lipinski definition) is 1. The van der Waals surface area contributed by atoms with Crippen LogP contribution in [-0.2, 0) is 4.79 Å². The van der Waals surface area contributed by atoms with E-state index < -0.39 is 5.97 Å². The van der Waals surface area contributed by atoms with Crippen molar-refractivity contribution in [3.05, 3.63) is 0 Å². The van der Waals surface area contributed by atoms with Gasteiger partial charge in [0, 0.05) is 26.7 Å². The van der Waals surface area contributed by atoms with E-state index in [0.29, 0.717) is 0 Å². The summed E-state index contributed by atoms with van der Waals surface area (Å²) in [6.07, 6.45) is 0. The first-order valence-electron chi connectivity index (χ1n) is 0.928. The van der Waals surface area contributed by atoms with Crippen molar-refractivity contribution in [1.82, 2.24) is 0 Å². The summed E-state index contributed by atoms with van der Waals surface area (Å²) in [4.78, 5) is 9.00. The van der Waals surface area contributed by atoms with Gasteiger partial charge in [0.15, 0.2) is 0 Å². The van der Waals surface area contributed by atoms with Crippen LogP contribution in [0.1, 0.15) is 6.92 Å². The zero-order valence-corrected chi connectivity index (χ0v) is 5.36. The van der Waals surface area contributed by atoms with Gasteiger partial charge in [-0.3, -0.25) is 4.79 Å². The maximum atomic E-state index is 9.00. The number of carboxylic acids is 1. The standard InChI is InChI=1S/C2H4O2.Ga/c1-2(3)4;/h1H3,(H,3,4);. The minimum absolute atomic E-state index is 0. The van der Waals surface area contributed by atoms with Crippen LogP contribution in [-0.4, -0.2) is 30.9 Å². The molecule has 0 heterocycles. The number of carbonyl (C=O) groups is 1. The molecule has 0 saturated carbocycles. The minimum Gasteiger partial charge on any atom is -0.481 e. The number of aliphatic carboxylic acids is 1. The summed E-state index contributed by atoms with van der Waals surface area (Å²) >= 11 is 0. The molecule has 27 valence electrons. The monoisotopic (exact) mass is 129 g/mol. The maximum Gasteiger partial charge on any atom is 0.300 e. The third-order valence-electron chi connectivity index (χ3n) is 0. The van der Waals surface area contributed by atoms with Crippen molar-refractivity contribution < 1.29 is 9.90 Å². The molecule has 0 spiro atoms. The van der Waals surface area contributed by atoms with Gasteiger partial charge in [-0.25, -0.2) is 0 Å². The van der Waals surface area contributed by atoms with E-state index >= 15 is 0 Å². The molecule has 0 unspecified atom stereocenters. The summed E-state index contributed by atoms with van der Waals surface area (Å²) in [6.45, 7) is 1.08. The second-order valence-corrected chi connectivity index (χ2v) is 0.519. The fraction of sp³-hybridized carbons (Fsp3) is 0.500. The third kappa shape index (κ3) is 1610. The van der Waals surface area contributed by atoms with E-state index in [1.165, 1.54) is 0 Å². The van der Waals surface area contributed by atoms with Gasteiger partial charge in [0.2, 0.25) is 0 Å². The molecule has 5 heavy (non-hydrogen) atoms. The first-order chi connectivity index (χ1) is 1.73. The summed E-state index contributed by atoms with van der Waals surface area (Å²) in [5, 5.41) is 7.42. The van der Waals surface area contributed by atoms with Crippen LogP contribution in [0, 0.1) is 0 Å².